The summed E-state index contributed by atoms with van der Waals surface area (Å²) in [7, 11) is 0. The van der Waals surface area contributed by atoms with Gasteiger partial charge in [0.2, 0.25) is 0 Å². The fourth-order valence-electron chi connectivity index (χ4n) is 1.19. The average molecular weight is 259 g/mol. The molecule has 0 radical (unpaired) electrons. The van der Waals surface area contributed by atoms with Gasteiger partial charge in [-0.05, 0) is 19.1 Å². The van der Waals surface area contributed by atoms with Crippen molar-refractivity contribution in [2.24, 2.45) is 0 Å². The van der Waals surface area contributed by atoms with Crippen LogP contribution in [0.4, 0.5) is 5.69 Å². The first-order valence-electron chi connectivity index (χ1n) is 5.57. The van der Waals surface area contributed by atoms with Crippen LogP contribution in [0.2, 0.25) is 0 Å². The fraction of sp³-hybridized carbons (Fsp3) is 0.231. The SMILES string of the molecule is Cc1ccc(N)c(C(=O)NCCC#N)c1.N=CC=N. The largest absolute Gasteiger partial charge is 0.398 e. The summed E-state index contributed by atoms with van der Waals surface area (Å²) in [6.45, 7) is 2.24. The van der Waals surface area contributed by atoms with E-state index in [-0.39, 0.29) is 5.91 Å². The van der Waals surface area contributed by atoms with E-state index in [1.807, 2.05) is 19.1 Å². The lowest BCUT2D eigenvalue weighted by Gasteiger charge is -2.06. The lowest BCUT2D eigenvalue weighted by Crippen LogP contribution is -2.25. The van der Waals surface area contributed by atoms with Gasteiger partial charge in [-0.2, -0.15) is 5.26 Å². The molecule has 1 amide bonds. The van der Waals surface area contributed by atoms with Crippen molar-refractivity contribution in [2.45, 2.75) is 13.3 Å². The Bertz CT molecular complexity index is 484. The first-order valence-corrected chi connectivity index (χ1v) is 5.57. The molecule has 0 aromatic heterocycles. The van der Waals surface area contributed by atoms with Crippen molar-refractivity contribution in [1.29, 1.82) is 16.1 Å². The van der Waals surface area contributed by atoms with Gasteiger partial charge in [0.05, 0.1) is 18.1 Å². The molecule has 0 atom stereocenters. The number of hydrogen-bond donors (Lipinski definition) is 4. The Balaban J connectivity index is 0.000000711. The first kappa shape index (κ1) is 16.3. The van der Waals surface area contributed by atoms with Gasteiger partial charge in [-0.25, -0.2) is 0 Å². The summed E-state index contributed by atoms with van der Waals surface area (Å²) in [5.74, 6) is -0.230. The number of hydrogen-bond acceptors (Lipinski definition) is 5. The smallest absolute Gasteiger partial charge is 0.253 e. The molecule has 1 aromatic rings. The maximum absolute atomic E-state index is 11.6. The van der Waals surface area contributed by atoms with E-state index in [9.17, 15) is 4.79 Å². The molecular weight excluding hydrogens is 242 g/mol. The van der Waals surface area contributed by atoms with Crippen LogP contribution in [0.15, 0.2) is 18.2 Å². The van der Waals surface area contributed by atoms with Crippen molar-refractivity contribution in [3.8, 4) is 6.07 Å². The highest BCUT2D eigenvalue weighted by atomic mass is 16.1. The fourth-order valence-corrected chi connectivity index (χ4v) is 1.19. The first-order chi connectivity index (χ1) is 9.06. The summed E-state index contributed by atoms with van der Waals surface area (Å²) in [6.07, 6.45) is 2.14. The molecule has 0 unspecified atom stereocenters. The standard InChI is InChI=1S/C11H13N3O.C2H4N2/c1-8-3-4-10(13)9(7-8)11(15)14-6-2-5-12;3-1-2-4/h3-4,7H,2,6,13H2,1H3,(H,14,15);1-4H. The molecule has 6 nitrogen and oxygen atoms in total. The van der Waals surface area contributed by atoms with E-state index in [1.165, 1.54) is 0 Å². The summed E-state index contributed by atoms with van der Waals surface area (Å²) in [6, 6.07) is 7.24. The third kappa shape index (κ3) is 6.58. The molecule has 0 saturated heterocycles. The van der Waals surface area contributed by atoms with Crippen molar-refractivity contribution < 1.29 is 4.79 Å². The van der Waals surface area contributed by atoms with Gasteiger partial charge in [0.25, 0.3) is 5.91 Å². The topological polar surface area (TPSA) is 127 Å². The Morgan fingerprint density at radius 2 is 2.11 bits per heavy atom. The third-order valence-electron chi connectivity index (χ3n) is 2.06. The number of anilines is 1. The van der Waals surface area contributed by atoms with Gasteiger partial charge in [0.15, 0.2) is 0 Å². The van der Waals surface area contributed by atoms with Gasteiger partial charge >= 0.3 is 0 Å². The van der Waals surface area contributed by atoms with Gasteiger partial charge in [0.1, 0.15) is 0 Å². The number of nitrogens with zero attached hydrogens (tertiary/aromatic N) is 1. The predicted molar refractivity (Wildman–Crippen MR) is 75.7 cm³/mol. The molecule has 1 aromatic carbocycles. The number of carbonyl (C=O) groups is 1. The molecule has 0 aliphatic rings. The number of rotatable bonds is 4. The van der Waals surface area contributed by atoms with Crippen molar-refractivity contribution in [2.75, 3.05) is 12.3 Å². The van der Waals surface area contributed by atoms with Crippen LogP contribution in [0.3, 0.4) is 0 Å². The molecule has 0 spiro atoms. The highest BCUT2D eigenvalue weighted by Gasteiger charge is 2.08. The second kappa shape index (κ2) is 9.36. The van der Waals surface area contributed by atoms with Crippen molar-refractivity contribution in [1.82, 2.24) is 5.32 Å². The number of amides is 1. The second-order valence-electron chi connectivity index (χ2n) is 3.59. The van der Waals surface area contributed by atoms with Crippen LogP contribution >= 0.6 is 0 Å². The minimum Gasteiger partial charge on any atom is -0.398 e. The quantitative estimate of drug-likeness (QED) is 0.371. The van der Waals surface area contributed by atoms with Crippen molar-refractivity contribution >= 4 is 24.0 Å². The summed E-state index contributed by atoms with van der Waals surface area (Å²) >= 11 is 0. The van der Waals surface area contributed by atoms with Crippen molar-refractivity contribution in [3.05, 3.63) is 29.3 Å². The number of nitrogen functional groups attached to an aromatic ring is 1. The Morgan fingerprint density at radius 3 is 2.63 bits per heavy atom. The molecule has 0 fully saturated rings. The van der Waals surface area contributed by atoms with Crippen LogP contribution in [0.1, 0.15) is 22.3 Å². The maximum Gasteiger partial charge on any atom is 0.253 e. The van der Waals surface area contributed by atoms with Crippen molar-refractivity contribution in [3.63, 3.8) is 0 Å². The zero-order chi connectivity index (χ0) is 14.7. The highest BCUT2D eigenvalue weighted by Crippen LogP contribution is 2.13. The van der Waals surface area contributed by atoms with E-state index in [0.29, 0.717) is 24.2 Å². The molecule has 19 heavy (non-hydrogen) atoms. The third-order valence-corrected chi connectivity index (χ3v) is 2.06. The monoisotopic (exact) mass is 259 g/mol. The van der Waals surface area contributed by atoms with E-state index >= 15 is 0 Å². The number of carbonyl (C=O) groups excluding carboxylic acids is 1. The maximum atomic E-state index is 11.6. The number of nitrogens with one attached hydrogen (secondary N) is 3. The molecule has 1 rings (SSSR count). The number of benzene rings is 1. The Labute approximate surface area is 112 Å². The van der Waals surface area contributed by atoms with Gasteiger partial charge in [-0.15, -0.1) is 0 Å². The van der Waals surface area contributed by atoms with E-state index in [1.54, 1.807) is 12.1 Å². The number of nitriles is 1. The average Bonchev–Trinajstić information content (AvgIpc) is 2.42. The number of aryl methyl sites for hydroxylation is 1. The van der Waals surface area contributed by atoms with E-state index in [4.69, 9.17) is 21.8 Å². The van der Waals surface area contributed by atoms with E-state index in [0.717, 1.165) is 18.0 Å². The molecular formula is C13H17N5O. The van der Waals surface area contributed by atoms with Crippen LogP contribution < -0.4 is 11.1 Å². The number of nitrogens with two attached hydrogens (primary N) is 1. The summed E-state index contributed by atoms with van der Waals surface area (Å²) in [5, 5.41) is 23.1. The van der Waals surface area contributed by atoms with Crippen LogP contribution in [0.25, 0.3) is 0 Å². The molecule has 0 aliphatic carbocycles. The minimum atomic E-state index is -0.230. The summed E-state index contributed by atoms with van der Waals surface area (Å²) < 4.78 is 0. The molecule has 0 saturated carbocycles. The zero-order valence-corrected chi connectivity index (χ0v) is 10.7. The molecule has 0 heterocycles. The van der Waals surface area contributed by atoms with E-state index in [2.05, 4.69) is 5.32 Å². The van der Waals surface area contributed by atoms with Gasteiger partial charge < -0.3 is 21.9 Å². The van der Waals surface area contributed by atoms with Crippen LogP contribution in [-0.2, 0) is 0 Å². The molecule has 100 valence electrons. The molecule has 5 N–H and O–H groups in total. The van der Waals surface area contributed by atoms with Gasteiger partial charge in [-0.3, -0.25) is 4.79 Å². The molecule has 0 bridgehead atoms. The normalized spacial score (nSPS) is 8.42. The van der Waals surface area contributed by atoms with E-state index < -0.39 is 0 Å². The van der Waals surface area contributed by atoms with Crippen LogP contribution in [-0.4, -0.2) is 24.9 Å². The highest BCUT2D eigenvalue weighted by molar-refractivity contribution is 6.12. The lowest BCUT2D eigenvalue weighted by molar-refractivity contribution is 0.0955. The van der Waals surface area contributed by atoms with Gasteiger partial charge in [0, 0.05) is 24.7 Å². The molecule has 0 aliphatic heterocycles. The van der Waals surface area contributed by atoms with Crippen LogP contribution in [0.5, 0.6) is 0 Å². The minimum absolute atomic E-state index is 0.230. The van der Waals surface area contributed by atoms with Gasteiger partial charge in [-0.1, -0.05) is 11.6 Å². The molecule has 6 heteroatoms. The predicted octanol–water partition coefficient (Wildman–Crippen LogP) is 1.51. The Hall–Kier alpha value is -2.68. The zero-order valence-electron chi connectivity index (χ0n) is 10.7. The Kier molecular flexibility index (Phi) is 8.04. The Morgan fingerprint density at radius 1 is 1.47 bits per heavy atom. The van der Waals surface area contributed by atoms with Crippen LogP contribution in [0, 0.1) is 29.1 Å². The second-order valence-corrected chi connectivity index (χ2v) is 3.59. The summed E-state index contributed by atoms with van der Waals surface area (Å²) in [4.78, 5) is 11.6. The summed E-state index contributed by atoms with van der Waals surface area (Å²) in [5.41, 5.74) is 7.57. The lowest BCUT2D eigenvalue weighted by atomic mass is 10.1.